The van der Waals surface area contributed by atoms with Crippen LogP contribution in [0.1, 0.15) is 30.7 Å². The fraction of sp³-hybridized carbons (Fsp3) is 0.440. The number of amides is 2. The van der Waals surface area contributed by atoms with Gasteiger partial charge in [-0.1, -0.05) is 29.4 Å². The van der Waals surface area contributed by atoms with Crippen LogP contribution in [-0.4, -0.2) is 64.5 Å². The summed E-state index contributed by atoms with van der Waals surface area (Å²) in [5, 5.41) is 9.04. The van der Waals surface area contributed by atoms with Gasteiger partial charge in [0.15, 0.2) is 0 Å². The zero-order valence-electron chi connectivity index (χ0n) is 19.1. The van der Waals surface area contributed by atoms with Crippen molar-refractivity contribution >= 4 is 28.8 Å². The van der Waals surface area contributed by atoms with Gasteiger partial charge in [0.05, 0.1) is 4.88 Å². The Kier molecular flexibility index (Phi) is 7.01. The molecule has 3 aromatic rings. The Morgan fingerprint density at radius 2 is 2.00 bits per heavy atom. The molecule has 4 heterocycles. The Bertz CT molecular complexity index is 1120. The monoisotopic (exact) mass is 479 g/mol. The van der Waals surface area contributed by atoms with Gasteiger partial charge in [0.2, 0.25) is 23.5 Å². The van der Waals surface area contributed by atoms with E-state index in [-0.39, 0.29) is 17.7 Å². The summed E-state index contributed by atoms with van der Waals surface area (Å²) in [7, 11) is 0. The standard InChI is InChI=1S/C25H29N5O3S/c31-23(10-9-19-17-18-5-1-2-6-20(18)26-25(19)32)30-14-12-29(13-15-30)11-3-8-22-27-24(28-33-22)21-7-4-16-34-21/h1-2,4-7,16,19H,3,8-15,17H2,(H,26,32). The highest BCUT2D eigenvalue weighted by molar-refractivity contribution is 7.13. The van der Waals surface area contributed by atoms with Crippen LogP contribution in [0.4, 0.5) is 5.69 Å². The average molecular weight is 480 g/mol. The lowest BCUT2D eigenvalue weighted by Gasteiger charge is -2.35. The van der Waals surface area contributed by atoms with Crippen molar-refractivity contribution in [1.29, 1.82) is 0 Å². The lowest BCUT2D eigenvalue weighted by Crippen LogP contribution is -2.49. The van der Waals surface area contributed by atoms with E-state index in [1.807, 2.05) is 46.7 Å². The lowest BCUT2D eigenvalue weighted by molar-refractivity contribution is -0.133. The molecule has 0 spiro atoms. The molecule has 1 atom stereocenters. The zero-order chi connectivity index (χ0) is 23.3. The van der Waals surface area contributed by atoms with Crippen LogP contribution in [0.3, 0.4) is 0 Å². The van der Waals surface area contributed by atoms with Crippen LogP contribution in [0.25, 0.3) is 10.7 Å². The molecule has 2 aliphatic heterocycles. The van der Waals surface area contributed by atoms with Gasteiger partial charge in [-0.2, -0.15) is 4.98 Å². The average Bonchev–Trinajstić information content (AvgIpc) is 3.55. The molecule has 2 amide bonds. The van der Waals surface area contributed by atoms with Crippen LogP contribution in [0.5, 0.6) is 0 Å². The van der Waals surface area contributed by atoms with Gasteiger partial charge >= 0.3 is 0 Å². The van der Waals surface area contributed by atoms with Crippen molar-refractivity contribution in [2.75, 3.05) is 38.0 Å². The molecule has 2 aliphatic rings. The third-order valence-corrected chi connectivity index (χ3v) is 7.48. The number of aromatic nitrogens is 2. The van der Waals surface area contributed by atoms with Gasteiger partial charge in [-0.3, -0.25) is 14.5 Å². The first kappa shape index (κ1) is 22.7. The molecule has 8 nitrogen and oxygen atoms in total. The first-order valence-electron chi connectivity index (χ1n) is 11.9. The highest BCUT2D eigenvalue weighted by Crippen LogP contribution is 2.28. The number of piperazine rings is 1. The number of nitrogens with one attached hydrogen (secondary N) is 1. The van der Waals surface area contributed by atoms with E-state index in [4.69, 9.17) is 4.52 Å². The number of benzene rings is 1. The second-order valence-corrected chi connectivity index (χ2v) is 9.85. The fourth-order valence-electron chi connectivity index (χ4n) is 4.64. The number of anilines is 1. The summed E-state index contributed by atoms with van der Waals surface area (Å²) in [4.78, 5) is 35.0. The van der Waals surface area contributed by atoms with Crippen LogP contribution in [0.2, 0.25) is 0 Å². The highest BCUT2D eigenvalue weighted by Gasteiger charge is 2.28. The molecule has 1 N–H and O–H groups in total. The van der Waals surface area contributed by atoms with Crippen molar-refractivity contribution in [2.45, 2.75) is 32.1 Å². The summed E-state index contributed by atoms with van der Waals surface area (Å²) in [6.45, 7) is 4.16. The number of rotatable bonds is 8. The number of hydrogen-bond acceptors (Lipinski definition) is 7. The molecule has 0 saturated carbocycles. The molecule has 0 aliphatic carbocycles. The van der Waals surface area contributed by atoms with Crippen LogP contribution >= 0.6 is 11.3 Å². The summed E-state index contributed by atoms with van der Waals surface area (Å²) in [5.41, 5.74) is 2.05. The summed E-state index contributed by atoms with van der Waals surface area (Å²) in [6.07, 6.45) is 3.42. The quantitative estimate of drug-likeness (QED) is 0.532. The molecular weight excluding hydrogens is 450 g/mol. The van der Waals surface area contributed by atoms with Crippen molar-refractivity contribution in [1.82, 2.24) is 19.9 Å². The number of carbonyl (C=O) groups is 2. The van der Waals surface area contributed by atoms with Crippen molar-refractivity contribution in [3.05, 3.63) is 53.2 Å². The predicted octanol–water partition coefficient (Wildman–Crippen LogP) is 3.47. The predicted molar refractivity (Wildman–Crippen MR) is 130 cm³/mol. The molecule has 0 radical (unpaired) electrons. The second-order valence-electron chi connectivity index (χ2n) is 8.90. The SMILES string of the molecule is O=C1Nc2ccccc2CC1CCC(=O)N1CCN(CCCc2nc(-c3cccs3)no2)CC1. The zero-order valence-corrected chi connectivity index (χ0v) is 19.9. The summed E-state index contributed by atoms with van der Waals surface area (Å²) < 4.78 is 5.38. The molecule has 2 aromatic heterocycles. The summed E-state index contributed by atoms with van der Waals surface area (Å²) >= 11 is 1.60. The number of nitrogens with zero attached hydrogens (tertiary/aromatic N) is 4. The van der Waals surface area contributed by atoms with E-state index < -0.39 is 0 Å². The molecule has 1 fully saturated rings. The van der Waals surface area contributed by atoms with Crippen molar-refractivity contribution < 1.29 is 14.1 Å². The molecule has 0 bridgehead atoms. The maximum Gasteiger partial charge on any atom is 0.227 e. The lowest BCUT2D eigenvalue weighted by atomic mass is 9.89. The van der Waals surface area contributed by atoms with Gasteiger partial charge in [-0.15, -0.1) is 11.3 Å². The molecule has 34 heavy (non-hydrogen) atoms. The third kappa shape index (κ3) is 5.37. The molecule has 1 saturated heterocycles. The summed E-state index contributed by atoms with van der Waals surface area (Å²) in [6, 6.07) is 11.9. The maximum atomic E-state index is 12.7. The van der Waals surface area contributed by atoms with Gasteiger partial charge in [-0.25, -0.2) is 0 Å². The van der Waals surface area contributed by atoms with Crippen molar-refractivity contribution in [3.63, 3.8) is 0 Å². The first-order valence-corrected chi connectivity index (χ1v) is 12.8. The van der Waals surface area contributed by atoms with Gasteiger partial charge in [0.1, 0.15) is 0 Å². The molecule has 178 valence electrons. The Morgan fingerprint density at radius 3 is 2.82 bits per heavy atom. The number of hydrogen-bond donors (Lipinski definition) is 1. The van der Waals surface area contributed by atoms with E-state index in [1.165, 1.54) is 0 Å². The minimum atomic E-state index is -0.134. The van der Waals surface area contributed by atoms with E-state index in [2.05, 4.69) is 20.4 Å². The van der Waals surface area contributed by atoms with Gasteiger partial charge in [0.25, 0.3) is 0 Å². The second kappa shape index (κ2) is 10.5. The molecule has 1 unspecified atom stereocenters. The molecule has 5 rings (SSSR count). The van der Waals surface area contributed by atoms with Crippen LogP contribution in [0, 0.1) is 5.92 Å². The van der Waals surface area contributed by atoms with E-state index in [9.17, 15) is 9.59 Å². The minimum absolute atomic E-state index is 0.0278. The number of thiophene rings is 1. The molecule has 1 aromatic carbocycles. The Morgan fingerprint density at radius 1 is 1.15 bits per heavy atom. The Labute approximate surface area is 202 Å². The minimum Gasteiger partial charge on any atom is -0.340 e. The number of aryl methyl sites for hydroxylation is 1. The van der Waals surface area contributed by atoms with Gasteiger partial charge in [0, 0.05) is 50.6 Å². The highest BCUT2D eigenvalue weighted by atomic mass is 32.1. The third-order valence-electron chi connectivity index (χ3n) is 6.62. The van der Waals surface area contributed by atoms with E-state index in [1.54, 1.807) is 11.3 Å². The molecular formula is C25H29N5O3S. The summed E-state index contributed by atoms with van der Waals surface area (Å²) in [5.74, 6) is 1.38. The smallest absolute Gasteiger partial charge is 0.227 e. The normalized spacial score (nSPS) is 18.5. The first-order chi connectivity index (χ1) is 16.7. The van der Waals surface area contributed by atoms with E-state index in [0.717, 1.165) is 61.7 Å². The van der Waals surface area contributed by atoms with Crippen molar-refractivity contribution in [3.8, 4) is 10.7 Å². The van der Waals surface area contributed by atoms with Gasteiger partial charge < -0.3 is 14.7 Å². The van der Waals surface area contributed by atoms with Gasteiger partial charge in [-0.05, 0) is 48.9 Å². The van der Waals surface area contributed by atoms with E-state index in [0.29, 0.717) is 31.0 Å². The number of para-hydroxylation sites is 1. The van der Waals surface area contributed by atoms with Crippen LogP contribution < -0.4 is 5.32 Å². The van der Waals surface area contributed by atoms with Crippen LogP contribution in [-0.2, 0) is 22.4 Å². The largest absolute Gasteiger partial charge is 0.340 e. The Balaban J connectivity index is 1.01. The molecule has 9 heteroatoms. The maximum absolute atomic E-state index is 12.7. The Hall–Kier alpha value is -3.04. The van der Waals surface area contributed by atoms with Crippen LogP contribution in [0.15, 0.2) is 46.3 Å². The van der Waals surface area contributed by atoms with E-state index >= 15 is 0 Å². The topological polar surface area (TPSA) is 91.6 Å². The fourth-order valence-corrected chi connectivity index (χ4v) is 5.29. The van der Waals surface area contributed by atoms with Crippen molar-refractivity contribution in [2.24, 2.45) is 5.92 Å². The number of fused-ring (bicyclic) bond motifs is 1. The number of carbonyl (C=O) groups excluding carboxylic acids is 2.